The number of imide groups is 1. The number of hydrogen-bond donors (Lipinski definition) is 1. The minimum atomic E-state index is -1.51. The molecule has 0 radical (unpaired) electrons. The Kier molecular flexibility index (Phi) is 5.18. The number of hydrogen-bond acceptors (Lipinski definition) is 7. The number of rotatable bonds is 6. The van der Waals surface area contributed by atoms with Gasteiger partial charge in [0.2, 0.25) is 0 Å². The summed E-state index contributed by atoms with van der Waals surface area (Å²) >= 11 is 0. The van der Waals surface area contributed by atoms with Gasteiger partial charge in [0.05, 0.1) is 22.2 Å². The van der Waals surface area contributed by atoms with E-state index in [2.05, 4.69) is 0 Å². The maximum Gasteiger partial charge on any atom is 0.332 e. The zero-order valence-corrected chi connectivity index (χ0v) is 14.8. The number of carbonyl (C=O) groups is 3. The van der Waals surface area contributed by atoms with Crippen LogP contribution in [-0.2, 0) is 16.1 Å². The number of aliphatic hydroxyl groups is 1. The van der Waals surface area contributed by atoms with Crippen LogP contribution in [0.25, 0.3) is 0 Å². The second-order valence-corrected chi connectivity index (χ2v) is 6.24. The van der Waals surface area contributed by atoms with Gasteiger partial charge in [0.15, 0.2) is 6.04 Å². The number of carbonyl (C=O) groups excluding carboxylic acids is 3. The van der Waals surface area contributed by atoms with Crippen LogP contribution >= 0.6 is 0 Å². The van der Waals surface area contributed by atoms with Crippen LogP contribution < -0.4 is 0 Å². The van der Waals surface area contributed by atoms with Gasteiger partial charge in [-0.3, -0.25) is 24.6 Å². The van der Waals surface area contributed by atoms with Gasteiger partial charge in [0.25, 0.3) is 17.5 Å². The van der Waals surface area contributed by atoms with Gasteiger partial charge in [-0.05, 0) is 36.8 Å². The molecule has 3 rings (SSSR count). The molecule has 9 nitrogen and oxygen atoms in total. The molecule has 2 atom stereocenters. The van der Waals surface area contributed by atoms with Crippen molar-refractivity contribution in [2.45, 2.75) is 25.7 Å². The summed E-state index contributed by atoms with van der Waals surface area (Å²) in [4.78, 5) is 48.5. The standard InChI is InChI=1S/C19H16N2O7/c1-11(22)16(20-17(23)14-4-2-3-5-15(14)18(20)24)19(25)28-10-12-6-8-13(9-7-12)21(26)27/h2-9,11,16,22H,10H2,1H3/t11-,16+/m0/s1. The average molecular weight is 384 g/mol. The molecule has 144 valence electrons. The molecule has 0 aromatic heterocycles. The third-order valence-corrected chi connectivity index (χ3v) is 4.33. The molecule has 2 amide bonds. The van der Waals surface area contributed by atoms with E-state index in [4.69, 9.17) is 4.74 Å². The largest absolute Gasteiger partial charge is 0.459 e. The predicted octanol–water partition coefficient (Wildman–Crippen LogP) is 1.68. The minimum absolute atomic E-state index is 0.108. The van der Waals surface area contributed by atoms with Gasteiger partial charge in [-0.1, -0.05) is 12.1 Å². The van der Waals surface area contributed by atoms with Gasteiger partial charge in [0, 0.05) is 12.1 Å². The summed E-state index contributed by atoms with van der Waals surface area (Å²) in [6.45, 7) is 1.05. The Hall–Kier alpha value is -3.59. The van der Waals surface area contributed by atoms with Crippen LogP contribution in [-0.4, -0.2) is 44.9 Å². The number of benzene rings is 2. The SMILES string of the molecule is C[C@H](O)[C@H](C(=O)OCc1ccc([N+](=O)[O-])cc1)N1C(=O)c2ccccc2C1=O. The number of aliphatic hydroxyl groups excluding tert-OH is 1. The molecule has 0 spiro atoms. The molecule has 28 heavy (non-hydrogen) atoms. The molecule has 0 bridgehead atoms. The van der Waals surface area contributed by atoms with Crippen LogP contribution in [0.3, 0.4) is 0 Å². The zero-order chi connectivity index (χ0) is 20.4. The Morgan fingerprint density at radius 3 is 2.11 bits per heavy atom. The number of non-ortho nitro benzene ring substituents is 1. The second-order valence-electron chi connectivity index (χ2n) is 6.24. The van der Waals surface area contributed by atoms with Crippen LogP contribution in [0.2, 0.25) is 0 Å². The average Bonchev–Trinajstić information content (AvgIpc) is 2.92. The first-order chi connectivity index (χ1) is 13.3. The van der Waals surface area contributed by atoms with Crippen molar-refractivity contribution in [3.8, 4) is 0 Å². The monoisotopic (exact) mass is 384 g/mol. The van der Waals surface area contributed by atoms with E-state index in [1.54, 1.807) is 12.1 Å². The molecule has 1 aliphatic rings. The lowest BCUT2D eigenvalue weighted by atomic mass is 10.1. The molecule has 9 heteroatoms. The molecule has 1 N–H and O–H groups in total. The zero-order valence-electron chi connectivity index (χ0n) is 14.8. The molecule has 1 aliphatic heterocycles. The van der Waals surface area contributed by atoms with Crippen molar-refractivity contribution < 1.29 is 29.2 Å². The number of amides is 2. The fourth-order valence-electron chi connectivity index (χ4n) is 2.93. The van der Waals surface area contributed by atoms with E-state index >= 15 is 0 Å². The molecule has 1 heterocycles. The first-order valence-electron chi connectivity index (χ1n) is 8.36. The molecule has 0 aliphatic carbocycles. The summed E-state index contributed by atoms with van der Waals surface area (Å²) < 4.78 is 5.14. The Bertz CT molecular complexity index is 918. The Balaban J connectivity index is 1.76. The summed E-state index contributed by atoms with van der Waals surface area (Å²) in [7, 11) is 0. The topological polar surface area (TPSA) is 127 Å². The lowest BCUT2D eigenvalue weighted by Crippen LogP contribution is -2.51. The summed E-state index contributed by atoms with van der Waals surface area (Å²) in [5.41, 5.74) is 0.677. The van der Waals surface area contributed by atoms with Crippen LogP contribution in [0.15, 0.2) is 48.5 Å². The highest BCUT2D eigenvalue weighted by atomic mass is 16.6. The third kappa shape index (κ3) is 3.47. The van der Waals surface area contributed by atoms with Crippen molar-refractivity contribution >= 4 is 23.5 Å². The fraction of sp³-hybridized carbons (Fsp3) is 0.211. The predicted molar refractivity (Wildman–Crippen MR) is 95.3 cm³/mol. The van der Waals surface area contributed by atoms with Gasteiger partial charge < -0.3 is 9.84 Å². The molecule has 2 aromatic carbocycles. The van der Waals surface area contributed by atoms with E-state index in [1.165, 1.54) is 43.3 Å². The molecule has 2 aromatic rings. The highest BCUT2D eigenvalue weighted by molar-refractivity contribution is 6.22. The Labute approximate surface area is 159 Å². The lowest BCUT2D eigenvalue weighted by Gasteiger charge is -2.26. The third-order valence-electron chi connectivity index (χ3n) is 4.33. The van der Waals surface area contributed by atoms with Crippen LogP contribution in [0, 0.1) is 10.1 Å². The minimum Gasteiger partial charge on any atom is -0.459 e. The molecular formula is C19H16N2O7. The maximum atomic E-state index is 12.6. The smallest absolute Gasteiger partial charge is 0.332 e. The van der Waals surface area contributed by atoms with Gasteiger partial charge >= 0.3 is 5.97 Å². The number of nitrogens with zero attached hydrogens (tertiary/aromatic N) is 2. The van der Waals surface area contributed by atoms with E-state index in [0.29, 0.717) is 10.5 Å². The van der Waals surface area contributed by atoms with Crippen LogP contribution in [0.4, 0.5) is 5.69 Å². The van der Waals surface area contributed by atoms with Crippen molar-refractivity contribution in [1.29, 1.82) is 0 Å². The first-order valence-corrected chi connectivity index (χ1v) is 8.36. The summed E-state index contributed by atoms with van der Waals surface area (Å²) in [5.74, 6) is -2.32. The van der Waals surface area contributed by atoms with E-state index < -0.39 is 34.9 Å². The molecule has 0 fully saturated rings. The van der Waals surface area contributed by atoms with E-state index in [9.17, 15) is 29.6 Å². The molecule has 0 saturated carbocycles. The van der Waals surface area contributed by atoms with Gasteiger partial charge in [-0.25, -0.2) is 4.79 Å². The number of ether oxygens (including phenoxy) is 1. The van der Waals surface area contributed by atoms with Crippen LogP contribution in [0.1, 0.15) is 33.2 Å². The van der Waals surface area contributed by atoms with Gasteiger partial charge in [-0.2, -0.15) is 0 Å². The number of esters is 1. The van der Waals surface area contributed by atoms with E-state index in [-0.39, 0.29) is 23.4 Å². The Morgan fingerprint density at radius 1 is 1.11 bits per heavy atom. The number of nitro groups is 1. The maximum absolute atomic E-state index is 12.6. The van der Waals surface area contributed by atoms with Crippen molar-refractivity contribution in [2.24, 2.45) is 0 Å². The summed E-state index contributed by atoms with van der Waals surface area (Å²) in [5, 5.41) is 20.7. The normalized spacial score (nSPS) is 15.1. The van der Waals surface area contributed by atoms with E-state index in [1.807, 2.05) is 0 Å². The number of fused-ring (bicyclic) bond motifs is 1. The quantitative estimate of drug-likeness (QED) is 0.347. The fourth-order valence-corrected chi connectivity index (χ4v) is 2.93. The van der Waals surface area contributed by atoms with Crippen molar-refractivity contribution in [3.63, 3.8) is 0 Å². The lowest BCUT2D eigenvalue weighted by molar-refractivity contribution is -0.384. The molecule has 0 saturated heterocycles. The molecular weight excluding hydrogens is 368 g/mol. The van der Waals surface area contributed by atoms with Gasteiger partial charge in [-0.15, -0.1) is 0 Å². The second kappa shape index (κ2) is 7.57. The van der Waals surface area contributed by atoms with Gasteiger partial charge in [0.1, 0.15) is 6.61 Å². The summed E-state index contributed by atoms with van der Waals surface area (Å²) in [6.07, 6.45) is -1.36. The highest BCUT2D eigenvalue weighted by Gasteiger charge is 2.45. The van der Waals surface area contributed by atoms with Crippen molar-refractivity contribution in [1.82, 2.24) is 4.90 Å². The van der Waals surface area contributed by atoms with Crippen molar-refractivity contribution in [2.75, 3.05) is 0 Å². The first kappa shape index (κ1) is 19.2. The Morgan fingerprint density at radius 2 is 1.64 bits per heavy atom. The molecule has 0 unspecified atom stereocenters. The number of nitro benzene ring substituents is 1. The van der Waals surface area contributed by atoms with Crippen LogP contribution in [0.5, 0.6) is 0 Å². The highest BCUT2D eigenvalue weighted by Crippen LogP contribution is 2.26. The van der Waals surface area contributed by atoms with Crippen molar-refractivity contribution in [3.05, 3.63) is 75.3 Å². The van der Waals surface area contributed by atoms with E-state index in [0.717, 1.165) is 0 Å². The summed E-state index contributed by atoms with van der Waals surface area (Å²) in [6, 6.07) is 9.99.